The van der Waals surface area contributed by atoms with Crippen LogP contribution in [0, 0.1) is 6.92 Å². The maximum absolute atomic E-state index is 3.91. The van der Waals surface area contributed by atoms with E-state index < -0.39 is 0 Å². The first-order valence-corrected chi connectivity index (χ1v) is 3.66. The minimum absolute atomic E-state index is 0.929. The van der Waals surface area contributed by atoms with Gasteiger partial charge in [0.25, 0.3) is 0 Å². The van der Waals surface area contributed by atoms with Gasteiger partial charge in [-0.3, -0.25) is 0 Å². The van der Waals surface area contributed by atoms with Crippen LogP contribution in [0.5, 0.6) is 0 Å². The molecule has 4 heteroatoms. The predicted molar refractivity (Wildman–Crippen MR) is 43.9 cm³/mol. The number of hydrogen-bond donors (Lipinski definition) is 0. The van der Waals surface area contributed by atoms with Gasteiger partial charge in [-0.25, -0.2) is 0 Å². The molecule has 0 atom stereocenters. The van der Waals surface area contributed by atoms with Gasteiger partial charge >= 0.3 is 0 Å². The van der Waals surface area contributed by atoms with Crippen LogP contribution in [0.2, 0.25) is 0 Å². The van der Waals surface area contributed by atoms with Gasteiger partial charge in [-0.15, -0.1) is 15.0 Å². The Hall–Kier alpha value is -1.71. The molecule has 12 heavy (non-hydrogen) atoms. The standard InChI is InChI=1S/C8H8N4/c1-7-2-4-8(5-3-7)12-10-6-9-11-12/h2-6H,1H3. The minimum atomic E-state index is 0.929. The molecule has 0 saturated carbocycles. The van der Waals surface area contributed by atoms with E-state index in [2.05, 4.69) is 15.4 Å². The molecule has 0 fully saturated rings. The monoisotopic (exact) mass is 160 g/mol. The molecule has 0 aliphatic rings. The molecule has 0 amide bonds. The molecule has 1 aromatic carbocycles. The van der Waals surface area contributed by atoms with Crippen molar-refractivity contribution in [1.29, 1.82) is 0 Å². The van der Waals surface area contributed by atoms with E-state index in [4.69, 9.17) is 0 Å². The van der Waals surface area contributed by atoms with Crippen LogP contribution in [0.3, 0.4) is 0 Å². The van der Waals surface area contributed by atoms with Crippen LogP contribution in [0.4, 0.5) is 0 Å². The average molecular weight is 160 g/mol. The van der Waals surface area contributed by atoms with Crippen molar-refractivity contribution in [2.45, 2.75) is 6.92 Å². The van der Waals surface area contributed by atoms with Crippen molar-refractivity contribution in [3.8, 4) is 5.69 Å². The Morgan fingerprint density at radius 3 is 2.50 bits per heavy atom. The van der Waals surface area contributed by atoms with Gasteiger partial charge in [0.05, 0.1) is 5.69 Å². The number of benzene rings is 1. The summed E-state index contributed by atoms with van der Waals surface area (Å²) in [6.07, 6.45) is 1.42. The summed E-state index contributed by atoms with van der Waals surface area (Å²) in [5, 5.41) is 11.3. The highest BCUT2D eigenvalue weighted by atomic mass is 15.6. The largest absolute Gasteiger partial charge is 0.162 e. The summed E-state index contributed by atoms with van der Waals surface area (Å²) in [7, 11) is 0. The van der Waals surface area contributed by atoms with Gasteiger partial charge < -0.3 is 0 Å². The van der Waals surface area contributed by atoms with Crippen molar-refractivity contribution >= 4 is 0 Å². The number of hydrogen-bond acceptors (Lipinski definition) is 3. The number of aryl methyl sites for hydroxylation is 1. The second kappa shape index (κ2) is 2.73. The maximum atomic E-state index is 3.91. The van der Waals surface area contributed by atoms with Crippen LogP contribution < -0.4 is 0 Å². The van der Waals surface area contributed by atoms with Crippen molar-refractivity contribution in [2.24, 2.45) is 0 Å². The summed E-state index contributed by atoms with van der Waals surface area (Å²) in [5.41, 5.74) is 2.15. The number of nitrogens with zero attached hydrogens (tertiary/aromatic N) is 4. The molecule has 2 aromatic rings. The molecular formula is C8H8N4. The molecule has 2 rings (SSSR count). The highest BCUT2D eigenvalue weighted by Gasteiger charge is 1.95. The summed E-state index contributed by atoms with van der Waals surface area (Å²) in [4.78, 5) is 1.49. The Bertz CT molecular complexity index is 349. The maximum Gasteiger partial charge on any atom is 0.162 e. The lowest BCUT2D eigenvalue weighted by molar-refractivity contribution is 0.719. The molecule has 1 heterocycles. The molecule has 0 aliphatic heterocycles. The van der Waals surface area contributed by atoms with Crippen LogP contribution in [-0.2, 0) is 0 Å². The first kappa shape index (κ1) is 6.97. The molecule has 0 saturated heterocycles. The molecule has 0 aliphatic carbocycles. The van der Waals surface area contributed by atoms with E-state index in [0.29, 0.717) is 0 Å². The zero-order valence-corrected chi connectivity index (χ0v) is 6.68. The van der Waals surface area contributed by atoms with Crippen LogP contribution in [0.25, 0.3) is 5.69 Å². The van der Waals surface area contributed by atoms with Gasteiger partial charge in [0.1, 0.15) is 0 Å². The van der Waals surface area contributed by atoms with Gasteiger partial charge in [0.2, 0.25) is 0 Å². The lowest BCUT2D eigenvalue weighted by Gasteiger charge is -1.97. The Morgan fingerprint density at radius 2 is 1.92 bits per heavy atom. The van der Waals surface area contributed by atoms with Crippen molar-refractivity contribution in [3.63, 3.8) is 0 Å². The molecule has 0 bridgehead atoms. The number of tetrazole rings is 1. The van der Waals surface area contributed by atoms with Crippen molar-refractivity contribution in [3.05, 3.63) is 36.2 Å². The van der Waals surface area contributed by atoms with Gasteiger partial charge in [0, 0.05) is 0 Å². The lowest BCUT2D eigenvalue weighted by atomic mass is 10.2. The van der Waals surface area contributed by atoms with E-state index in [1.807, 2.05) is 31.2 Å². The van der Waals surface area contributed by atoms with E-state index in [0.717, 1.165) is 5.69 Å². The topological polar surface area (TPSA) is 43.6 Å². The van der Waals surface area contributed by atoms with Crippen LogP contribution >= 0.6 is 0 Å². The molecule has 4 nitrogen and oxygen atoms in total. The van der Waals surface area contributed by atoms with Crippen molar-refractivity contribution in [1.82, 2.24) is 20.2 Å². The Labute approximate surface area is 69.8 Å². The summed E-state index contributed by atoms with van der Waals surface area (Å²) in [6.45, 7) is 2.04. The Balaban J connectivity index is 2.43. The molecular weight excluding hydrogens is 152 g/mol. The zero-order valence-electron chi connectivity index (χ0n) is 6.68. The van der Waals surface area contributed by atoms with Crippen molar-refractivity contribution in [2.75, 3.05) is 0 Å². The molecule has 60 valence electrons. The normalized spacial score (nSPS) is 10.1. The lowest BCUT2D eigenvalue weighted by Crippen LogP contribution is -1.98. The van der Waals surface area contributed by atoms with E-state index in [-0.39, 0.29) is 0 Å². The third-order valence-corrected chi connectivity index (χ3v) is 1.61. The fraction of sp³-hybridized carbons (Fsp3) is 0.125. The van der Waals surface area contributed by atoms with E-state index in [9.17, 15) is 0 Å². The van der Waals surface area contributed by atoms with Gasteiger partial charge in [-0.05, 0) is 24.3 Å². The molecule has 1 aromatic heterocycles. The van der Waals surface area contributed by atoms with Crippen LogP contribution in [0.15, 0.2) is 30.6 Å². The van der Waals surface area contributed by atoms with E-state index in [1.54, 1.807) is 0 Å². The fourth-order valence-electron chi connectivity index (χ4n) is 0.964. The molecule has 0 radical (unpaired) electrons. The van der Waals surface area contributed by atoms with E-state index >= 15 is 0 Å². The highest BCUT2D eigenvalue weighted by molar-refractivity contribution is 5.31. The number of aromatic nitrogens is 4. The SMILES string of the molecule is Cc1ccc(-n2ncnn2)cc1. The minimum Gasteiger partial charge on any atom is -0.135 e. The third kappa shape index (κ3) is 1.18. The summed E-state index contributed by atoms with van der Waals surface area (Å²) >= 11 is 0. The first-order valence-electron chi connectivity index (χ1n) is 3.66. The third-order valence-electron chi connectivity index (χ3n) is 1.61. The first-order chi connectivity index (χ1) is 5.86. The second-order valence-electron chi connectivity index (χ2n) is 2.56. The molecule has 0 N–H and O–H groups in total. The van der Waals surface area contributed by atoms with Crippen LogP contribution in [-0.4, -0.2) is 20.2 Å². The smallest absolute Gasteiger partial charge is 0.135 e. The second-order valence-corrected chi connectivity index (χ2v) is 2.56. The van der Waals surface area contributed by atoms with Gasteiger partial charge in [0.15, 0.2) is 6.33 Å². The summed E-state index contributed by atoms with van der Waals surface area (Å²) in [6, 6.07) is 7.94. The van der Waals surface area contributed by atoms with Gasteiger partial charge in [-0.2, -0.15) is 0 Å². The number of rotatable bonds is 1. The fourth-order valence-corrected chi connectivity index (χ4v) is 0.964. The van der Waals surface area contributed by atoms with E-state index in [1.165, 1.54) is 16.7 Å². The molecule has 0 spiro atoms. The average Bonchev–Trinajstić information content (AvgIpc) is 2.58. The summed E-state index contributed by atoms with van der Waals surface area (Å²) < 4.78 is 0. The van der Waals surface area contributed by atoms with Crippen molar-refractivity contribution < 1.29 is 0 Å². The zero-order chi connectivity index (χ0) is 8.39. The Morgan fingerprint density at radius 1 is 1.17 bits per heavy atom. The summed E-state index contributed by atoms with van der Waals surface area (Å²) in [5.74, 6) is 0. The highest BCUT2D eigenvalue weighted by Crippen LogP contribution is 2.04. The molecule has 0 unspecified atom stereocenters. The quantitative estimate of drug-likeness (QED) is 0.624. The Kier molecular flexibility index (Phi) is 1.59. The van der Waals surface area contributed by atoms with Gasteiger partial charge in [-0.1, -0.05) is 17.7 Å². The predicted octanol–water partition coefficient (Wildman–Crippen LogP) is 0.971. The van der Waals surface area contributed by atoms with Crippen LogP contribution in [0.1, 0.15) is 5.56 Å².